The van der Waals surface area contributed by atoms with Crippen LogP contribution >= 0.6 is 0 Å². The van der Waals surface area contributed by atoms with Gasteiger partial charge < -0.3 is 15.3 Å². The number of urea groups is 1. The zero-order valence-corrected chi connectivity index (χ0v) is 14.3. The van der Waals surface area contributed by atoms with E-state index in [1.165, 1.54) is 0 Å². The third kappa shape index (κ3) is 4.37. The maximum absolute atomic E-state index is 12.7. The molecule has 0 radical (unpaired) electrons. The van der Waals surface area contributed by atoms with Gasteiger partial charge in [0.1, 0.15) is 0 Å². The Labute approximate surface area is 148 Å². The molecule has 1 aromatic carbocycles. The van der Waals surface area contributed by atoms with Crippen LogP contribution < -0.4 is 5.32 Å². The molecular weight excluding hydrogens is 314 g/mol. The van der Waals surface area contributed by atoms with Crippen molar-refractivity contribution in [1.82, 2.24) is 15.2 Å². The summed E-state index contributed by atoms with van der Waals surface area (Å²) in [5.74, 6) is 0.122. The molecular formula is C20H25N3O2. The van der Waals surface area contributed by atoms with Crippen molar-refractivity contribution in [2.45, 2.75) is 31.2 Å². The van der Waals surface area contributed by atoms with E-state index in [0.717, 1.165) is 30.5 Å². The number of amides is 2. The molecule has 1 aliphatic rings. The Bertz CT molecular complexity index is 663. The van der Waals surface area contributed by atoms with Crippen molar-refractivity contribution in [3.8, 4) is 0 Å². The van der Waals surface area contributed by atoms with Crippen LogP contribution in [0.15, 0.2) is 54.9 Å². The molecule has 2 amide bonds. The van der Waals surface area contributed by atoms with Crippen molar-refractivity contribution in [3.63, 3.8) is 0 Å². The lowest BCUT2D eigenvalue weighted by Gasteiger charge is -2.26. The standard InChI is InChI=1S/C20H25N3O2/c24-14-10-18(16-5-2-1-3-6-16)15-22-20(25)23-13-4-7-19(23)17-8-11-21-12-9-17/h1-3,5-6,8-9,11-12,18-19,24H,4,7,10,13-15H2,(H,22,25). The Morgan fingerprint density at radius 1 is 1.24 bits per heavy atom. The van der Waals surface area contributed by atoms with Crippen molar-refractivity contribution in [1.29, 1.82) is 0 Å². The monoisotopic (exact) mass is 339 g/mol. The number of aliphatic hydroxyl groups is 1. The minimum Gasteiger partial charge on any atom is -0.396 e. The van der Waals surface area contributed by atoms with E-state index >= 15 is 0 Å². The molecule has 1 aliphatic heterocycles. The van der Waals surface area contributed by atoms with Gasteiger partial charge in [0.15, 0.2) is 0 Å². The van der Waals surface area contributed by atoms with Crippen molar-refractivity contribution in [3.05, 3.63) is 66.0 Å². The second-order valence-corrected chi connectivity index (χ2v) is 6.44. The van der Waals surface area contributed by atoms with E-state index in [4.69, 9.17) is 0 Å². The summed E-state index contributed by atoms with van der Waals surface area (Å²) < 4.78 is 0. The fourth-order valence-electron chi connectivity index (χ4n) is 3.52. The molecule has 0 spiro atoms. The first-order valence-electron chi connectivity index (χ1n) is 8.90. The number of likely N-dealkylation sites (tertiary alicyclic amines) is 1. The summed E-state index contributed by atoms with van der Waals surface area (Å²) in [6.45, 7) is 1.41. The van der Waals surface area contributed by atoms with Crippen LogP contribution in [0.5, 0.6) is 0 Å². The summed E-state index contributed by atoms with van der Waals surface area (Å²) in [5.41, 5.74) is 2.28. The maximum atomic E-state index is 12.7. The molecule has 25 heavy (non-hydrogen) atoms. The normalized spacial score (nSPS) is 18.1. The SMILES string of the molecule is O=C(NCC(CCO)c1ccccc1)N1CCCC1c1ccncc1. The van der Waals surface area contributed by atoms with Gasteiger partial charge in [0.05, 0.1) is 6.04 Å². The summed E-state index contributed by atoms with van der Waals surface area (Å²) in [7, 11) is 0. The van der Waals surface area contributed by atoms with Crippen molar-refractivity contribution < 1.29 is 9.90 Å². The first-order chi connectivity index (χ1) is 12.3. The van der Waals surface area contributed by atoms with Crippen molar-refractivity contribution in [2.24, 2.45) is 0 Å². The third-order valence-electron chi connectivity index (χ3n) is 4.85. The average molecular weight is 339 g/mol. The number of benzene rings is 1. The molecule has 1 saturated heterocycles. The van der Waals surface area contributed by atoms with Crippen LogP contribution in [0.1, 0.15) is 42.3 Å². The van der Waals surface area contributed by atoms with E-state index in [2.05, 4.69) is 10.3 Å². The molecule has 0 saturated carbocycles. The number of rotatable bonds is 6. The lowest BCUT2D eigenvalue weighted by Crippen LogP contribution is -2.41. The Morgan fingerprint density at radius 3 is 2.72 bits per heavy atom. The number of nitrogens with one attached hydrogen (secondary N) is 1. The highest BCUT2D eigenvalue weighted by molar-refractivity contribution is 5.75. The van der Waals surface area contributed by atoms with Gasteiger partial charge in [-0.15, -0.1) is 0 Å². The highest BCUT2D eigenvalue weighted by Crippen LogP contribution is 2.31. The minimum atomic E-state index is -0.0295. The summed E-state index contributed by atoms with van der Waals surface area (Å²) in [5, 5.41) is 12.4. The minimum absolute atomic E-state index is 0.0295. The van der Waals surface area contributed by atoms with Crippen molar-refractivity contribution >= 4 is 6.03 Å². The predicted molar refractivity (Wildman–Crippen MR) is 97.2 cm³/mol. The number of pyridine rings is 1. The van der Waals surface area contributed by atoms with Gasteiger partial charge in [0.2, 0.25) is 0 Å². The molecule has 5 nitrogen and oxygen atoms in total. The van der Waals surface area contributed by atoms with Gasteiger partial charge in [-0.1, -0.05) is 30.3 Å². The van der Waals surface area contributed by atoms with E-state index in [9.17, 15) is 9.90 Å². The van der Waals surface area contributed by atoms with E-state index in [0.29, 0.717) is 13.0 Å². The van der Waals surface area contributed by atoms with Gasteiger partial charge in [-0.25, -0.2) is 4.79 Å². The summed E-state index contributed by atoms with van der Waals surface area (Å²) in [6.07, 6.45) is 6.18. The van der Waals surface area contributed by atoms with Crippen LogP contribution in [-0.4, -0.2) is 40.7 Å². The zero-order valence-electron chi connectivity index (χ0n) is 14.3. The largest absolute Gasteiger partial charge is 0.396 e. The number of hydrogen-bond acceptors (Lipinski definition) is 3. The number of carbonyl (C=O) groups is 1. The van der Waals surface area contributed by atoms with Crippen molar-refractivity contribution in [2.75, 3.05) is 19.7 Å². The zero-order chi connectivity index (χ0) is 17.5. The highest BCUT2D eigenvalue weighted by Gasteiger charge is 2.30. The summed E-state index contributed by atoms with van der Waals surface area (Å²) >= 11 is 0. The second kappa shape index (κ2) is 8.62. The van der Waals surface area contributed by atoms with Gasteiger partial charge in [-0.05, 0) is 42.5 Å². The Hall–Kier alpha value is -2.40. The smallest absolute Gasteiger partial charge is 0.317 e. The fraction of sp³-hybridized carbons (Fsp3) is 0.400. The molecule has 1 fully saturated rings. The third-order valence-corrected chi connectivity index (χ3v) is 4.85. The first-order valence-corrected chi connectivity index (χ1v) is 8.90. The number of hydrogen-bond donors (Lipinski definition) is 2. The molecule has 0 bridgehead atoms. The fourth-order valence-corrected chi connectivity index (χ4v) is 3.52. The predicted octanol–water partition coefficient (Wildman–Crippen LogP) is 3.09. The van der Waals surface area contributed by atoms with Crippen LogP contribution in [0.3, 0.4) is 0 Å². The van der Waals surface area contributed by atoms with Gasteiger partial charge in [0, 0.05) is 38.0 Å². The molecule has 1 aromatic heterocycles. The highest BCUT2D eigenvalue weighted by atomic mass is 16.3. The topological polar surface area (TPSA) is 65.5 Å². The molecule has 0 aliphatic carbocycles. The number of nitrogens with zero attached hydrogens (tertiary/aromatic N) is 2. The van der Waals surface area contributed by atoms with Crippen LogP contribution in [0.2, 0.25) is 0 Å². The lowest BCUT2D eigenvalue weighted by atomic mass is 9.96. The first kappa shape index (κ1) is 17.4. The maximum Gasteiger partial charge on any atom is 0.317 e. The lowest BCUT2D eigenvalue weighted by molar-refractivity contribution is 0.191. The van der Waals surface area contributed by atoms with Crippen LogP contribution in [0, 0.1) is 0 Å². The Morgan fingerprint density at radius 2 is 2.00 bits per heavy atom. The van der Waals surface area contributed by atoms with Gasteiger partial charge in [-0.2, -0.15) is 0 Å². The van der Waals surface area contributed by atoms with Gasteiger partial charge in [-0.3, -0.25) is 4.98 Å². The molecule has 132 valence electrons. The van der Waals surface area contributed by atoms with E-state index in [1.807, 2.05) is 47.4 Å². The second-order valence-electron chi connectivity index (χ2n) is 6.44. The van der Waals surface area contributed by atoms with Gasteiger partial charge in [0.25, 0.3) is 0 Å². The van der Waals surface area contributed by atoms with Gasteiger partial charge >= 0.3 is 6.03 Å². The average Bonchev–Trinajstić information content (AvgIpc) is 3.16. The molecule has 2 aromatic rings. The Balaban J connectivity index is 1.63. The van der Waals surface area contributed by atoms with Crippen LogP contribution in [-0.2, 0) is 0 Å². The van der Waals surface area contributed by atoms with E-state index in [-0.39, 0.29) is 24.6 Å². The number of aromatic nitrogens is 1. The number of carbonyl (C=O) groups excluding carboxylic acids is 1. The molecule has 3 rings (SSSR count). The molecule has 2 atom stereocenters. The van der Waals surface area contributed by atoms with E-state index in [1.54, 1.807) is 12.4 Å². The van der Waals surface area contributed by atoms with Crippen LogP contribution in [0.4, 0.5) is 4.79 Å². The molecule has 2 heterocycles. The summed E-state index contributed by atoms with van der Waals surface area (Å²) in [6, 6.07) is 14.1. The Kier molecular flexibility index (Phi) is 6.01. The summed E-state index contributed by atoms with van der Waals surface area (Å²) in [4.78, 5) is 18.7. The van der Waals surface area contributed by atoms with E-state index < -0.39 is 0 Å². The molecule has 2 N–H and O–H groups in total. The van der Waals surface area contributed by atoms with Crippen LogP contribution in [0.25, 0.3) is 0 Å². The molecule has 5 heteroatoms. The molecule has 2 unspecified atom stereocenters. The quantitative estimate of drug-likeness (QED) is 0.850. The number of aliphatic hydroxyl groups excluding tert-OH is 1.